The molecule has 1 rings (SSSR count). The van der Waals surface area contributed by atoms with Gasteiger partial charge in [0.2, 0.25) is 0 Å². The second kappa shape index (κ2) is 9.82. The van der Waals surface area contributed by atoms with Gasteiger partial charge in [0, 0.05) is 25.8 Å². The zero-order valence-corrected chi connectivity index (χ0v) is 12.4. The normalized spacial score (nSPS) is 10.9. The Balaban J connectivity index is 2.25. The molecule has 0 saturated heterocycles. The summed E-state index contributed by atoms with van der Waals surface area (Å²) in [6, 6.07) is 8.24. The number of unbranched alkanes of at least 4 members (excludes halogenated alkanes) is 2. The van der Waals surface area contributed by atoms with Crippen LogP contribution in [0.1, 0.15) is 38.7 Å². The van der Waals surface area contributed by atoms with Gasteiger partial charge in [-0.1, -0.05) is 18.2 Å². The molecule has 0 fully saturated rings. The van der Waals surface area contributed by atoms with E-state index < -0.39 is 0 Å². The molecule has 0 aliphatic rings. The summed E-state index contributed by atoms with van der Waals surface area (Å²) >= 11 is 0. The predicted octanol–water partition coefficient (Wildman–Crippen LogP) is 3.38. The van der Waals surface area contributed by atoms with E-state index in [0.717, 1.165) is 31.9 Å². The number of hydrogen-bond donors (Lipinski definition) is 1. The van der Waals surface area contributed by atoms with Crippen LogP contribution in [0.15, 0.2) is 24.3 Å². The lowest BCUT2D eigenvalue weighted by Gasteiger charge is -2.14. The first-order valence-corrected chi connectivity index (χ1v) is 7.18. The van der Waals surface area contributed by atoms with Crippen molar-refractivity contribution in [1.29, 1.82) is 0 Å². The molecule has 0 amide bonds. The van der Waals surface area contributed by atoms with Gasteiger partial charge in [0.15, 0.2) is 0 Å². The molecule has 0 aliphatic heterocycles. The van der Waals surface area contributed by atoms with E-state index in [-0.39, 0.29) is 6.10 Å². The van der Waals surface area contributed by atoms with E-state index in [4.69, 9.17) is 9.47 Å². The fourth-order valence-electron chi connectivity index (χ4n) is 1.92. The first-order chi connectivity index (χ1) is 9.24. The van der Waals surface area contributed by atoms with Crippen molar-refractivity contribution in [3.8, 4) is 5.75 Å². The Hall–Kier alpha value is -1.06. The predicted molar refractivity (Wildman–Crippen MR) is 79.6 cm³/mol. The van der Waals surface area contributed by atoms with Crippen molar-refractivity contribution in [2.24, 2.45) is 0 Å². The van der Waals surface area contributed by atoms with E-state index in [9.17, 15) is 0 Å². The van der Waals surface area contributed by atoms with E-state index >= 15 is 0 Å². The minimum atomic E-state index is 0.218. The molecular formula is C16H27NO2. The van der Waals surface area contributed by atoms with Crippen LogP contribution >= 0.6 is 0 Å². The van der Waals surface area contributed by atoms with E-state index in [2.05, 4.69) is 31.3 Å². The molecule has 1 aromatic rings. The van der Waals surface area contributed by atoms with Crippen LogP contribution in [0.3, 0.4) is 0 Å². The third-order valence-corrected chi connectivity index (χ3v) is 2.85. The summed E-state index contributed by atoms with van der Waals surface area (Å²) in [6.07, 6.45) is 3.77. The molecule has 0 aromatic heterocycles. The van der Waals surface area contributed by atoms with Crippen LogP contribution in [0, 0.1) is 0 Å². The molecule has 0 heterocycles. The number of methoxy groups -OCH3 is 1. The first-order valence-electron chi connectivity index (χ1n) is 7.18. The van der Waals surface area contributed by atoms with Gasteiger partial charge < -0.3 is 14.8 Å². The van der Waals surface area contributed by atoms with Crippen LogP contribution in [0.5, 0.6) is 5.75 Å². The average Bonchev–Trinajstić information content (AvgIpc) is 2.39. The standard InChI is InChI=1S/C16H27NO2/c1-14(2)19-16-10-6-5-9-15(16)13-17-11-7-4-8-12-18-3/h5-6,9-10,14,17H,4,7-8,11-13H2,1-3H3. The van der Waals surface area contributed by atoms with Crippen LogP contribution in [0.4, 0.5) is 0 Å². The highest BCUT2D eigenvalue weighted by molar-refractivity contribution is 5.33. The zero-order valence-electron chi connectivity index (χ0n) is 12.4. The van der Waals surface area contributed by atoms with E-state index in [1.54, 1.807) is 7.11 Å². The molecule has 108 valence electrons. The lowest BCUT2D eigenvalue weighted by atomic mass is 10.2. The number of para-hydroxylation sites is 1. The molecule has 0 aliphatic carbocycles. The Morgan fingerprint density at radius 1 is 1.11 bits per heavy atom. The lowest BCUT2D eigenvalue weighted by Crippen LogP contribution is -2.16. The number of hydrogen-bond acceptors (Lipinski definition) is 3. The Morgan fingerprint density at radius 2 is 1.89 bits per heavy atom. The number of rotatable bonds is 10. The molecule has 0 atom stereocenters. The zero-order chi connectivity index (χ0) is 13.9. The van der Waals surface area contributed by atoms with Gasteiger partial charge in [0.1, 0.15) is 5.75 Å². The maximum atomic E-state index is 5.80. The van der Waals surface area contributed by atoms with Gasteiger partial charge in [-0.3, -0.25) is 0 Å². The maximum absolute atomic E-state index is 5.80. The van der Waals surface area contributed by atoms with Gasteiger partial charge in [0.05, 0.1) is 6.10 Å². The third-order valence-electron chi connectivity index (χ3n) is 2.85. The van der Waals surface area contributed by atoms with Crippen molar-refractivity contribution >= 4 is 0 Å². The van der Waals surface area contributed by atoms with Gasteiger partial charge in [-0.2, -0.15) is 0 Å². The SMILES string of the molecule is COCCCCCNCc1ccccc1OC(C)C. The van der Waals surface area contributed by atoms with Crippen LogP contribution < -0.4 is 10.1 Å². The Bertz CT molecular complexity index is 339. The van der Waals surface area contributed by atoms with Gasteiger partial charge in [-0.25, -0.2) is 0 Å². The monoisotopic (exact) mass is 265 g/mol. The Morgan fingerprint density at radius 3 is 2.63 bits per heavy atom. The van der Waals surface area contributed by atoms with E-state index in [1.165, 1.54) is 18.4 Å². The van der Waals surface area contributed by atoms with E-state index in [0.29, 0.717) is 0 Å². The van der Waals surface area contributed by atoms with E-state index in [1.807, 2.05) is 12.1 Å². The summed E-state index contributed by atoms with van der Waals surface area (Å²) in [4.78, 5) is 0. The van der Waals surface area contributed by atoms with Crippen molar-refractivity contribution in [2.45, 2.75) is 45.8 Å². The molecule has 0 spiro atoms. The third kappa shape index (κ3) is 7.19. The highest BCUT2D eigenvalue weighted by Crippen LogP contribution is 2.19. The lowest BCUT2D eigenvalue weighted by molar-refractivity contribution is 0.192. The summed E-state index contributed by atoms with van der Waals surface area (Å²) in [6.45, 7) is 6.89. The summed E-state index contributed by atoms with van der Waals surface area (Å²) in [5, 5.41) is 3.47. The summed E-state index contributed by atoms with van der Waals surface area (Å²) in [7, 11) is 1.75. The molecule has 1 aromatic carbocycles. The van der Waals surface area contributed by atoms with Crippen LogP contribution in [0.25, 0.3) is 0 Å². The fourth-order valence-corrected chi connectivity index (χ4v) is 1.92. The quantitative estimate of drug-likeness (QED) is 0.658. The molecule has 1 N–H and O–H groups in total. The minimum Gasteiger partial charge on any atom is -0.491 e. The summed E-state index contributed by atoms with van der Waals surface area (Å²) in [5.74, 6) is 0.990. The van der Waals surface area contributed by atoms with Crippen LogP contribution in [-0.2, 0) is 11.3 Å². The average molecular weight is 265 g/mol. The number of nitrogens with one attached hydrogen (secondary N) is 1. The molecule has 3 nitrogen and oxygen atoms in total. The number of ether oxygens (including phenoxy) is 2. The highest BCUT2D eigenvalue weighted by Gasteiger charge is 2.04. The van der Waals surface area contributed by atoms with Crippen molar-refractivity contribution in [2.75, 3.05) is 20.3 Å². The van der Waals surface area contributed by atoms with Gasteiger partial charge in [-0.15, -0.1) is 0 Å². The smallest absolute Gasteiger partial charge is 0.124 e. The second-order valence-corrected chi connectivity index (χ2v) is 5.00. The molecule has 0 unspecified atom stereocenters. The molecular weight excluding hydrogens is 238 g/mol. The molecule has 3 heteroatoms. The highest BCUT2D eigenvalue weighted by atomic mass is 16.5. The van der Waals surface area contributed by atoms with Crippen LogP contribution in [-0.4, -0.2) is 26.4 Å². The summed E-state index contributed by atoms with van der Waals surface area (Å²) in [5.41, 5.74) is 1.23. The Labute approximate surface area is 117 Å². The maximum Gasteiger partial charge on any atom is 0.124 e. The van der Waals surface area contributed by atoms with Crippen LogP contribution in [0.2, 0.25) is 0 Å². The van der Waals surface area contributed by atoms with Crippen molar-refractivity contribution in [1.82, 2.24) is 5.32 Å². The first kappa shape index (κ1) is 16.0. The van der Waals surface area contributed by atoms with Gasteiger partial charge >= 0.3 is 0 Å². The van der Waals surface area contributed by atoms with Crippen molar-refractivity contribution < 1.29 is 9.47 Å². The summed E-state index contributed by atoms with van der Waals surface area (Å²) < 4.78 is 10.8. The molecule has 0 bridgehead atoms. The Kier molecular flexibility index (Phi) is 8.26. The molecule has 19 heavy (non-hydrogen) atoms. The second-order valence-electron chi connectivity index (χ2n) is 5.00. The topological polar surface area (TPSA) is 30.5 Å². The van der Waals surface area contributed by atoms with Crippen molar-refractivity contribution in [3.63, 3.8) is 0 Å². The van der Waals surface area contributed by atoms with Gasteiger partial charge in [-0.05, 0) is 45.7 Å². The molecule has 0 radical (unpaired) electrons. The minimum absolute atomic E-state index is 0.218. The number of benzene rings is 1. The van der Waals surface area contributed by atoms with Gasteiger partial charge in [0.25, 0.3) is 0 Å². The largest absolute Gasteiger partial charge is 0.491 e. The fraction of sp³-hybridized carbons (Fsp3) is 0.625. The van der Waals surface area contributed by atoms with Crippen molar-refractivity contribution in [3.05, 3.63) is 29.8 Å². The molecule has 0 saturated carbocycles.